The van der Waals surface area contributed by atoms with Crippen LogP contribution in [0.1, 0.15) is 32.3 Å². The molecule has 1 aromatic carbocycles. The van der Waals surface area contributed by atoms with Gasteiger partial charge in [-0.2, -0.15) is 0 Å². The fourth-order valence-electron chi connectivity index (χ4n) is 1.78. The molecule has 1 rings (SSSR count). The minimum Gasteiger partial charge on any atom is -0.374 e. The molecule has 0 radical (unpaired) electrons. The average Bonchev–Trinajstić information content (AvgIpc) is 2.42. The number of carbonyl (C=O) groups excluding carboxylic acids is 1. The Morgan fingerprint density at radius 3 is 2.65 bits per heavy atom. The molecule has 0 saturated heterocycles. The van der Waals surface area contributed by atoms with Crippen LogP contribution < -0.4 is 0 Å². The maximum atomic E-state index is 13.6. The molecule has 0 fully saturated rings. The van der Waals surface area contributed by atoms with Crippen molar-refractivity contribution in [2.75, 3.05) is 7.05 Å². The lowest BCUT2D eigenvalue weighted by atomic mass is 10.00. The fourth-order valence-corrected chi connectivity index (χ4v) is 1.78. The highest BCUT2D eigenvalue weighted by molar-refractivity contribution is 5.82. The van der Waals surface area contributed by atoms with E-state index in [0.717, 1.165) is 12.5 Å². The van der Waals surface area contributed by atoms with Gasteiger partial charge in [-0.1, -0.05) is 32.6 Å². The zero-order chi connectivity index (χ0) is 15.3. The second-order valence-electron chi connectivity index (χ2n) is 5.09. The summed E-state index contributed by atoms with van der Waals surface area (Å²) in [6.07, 6.45) is 1.02. The Labute approximate surface area is 119 Å². The second kappa shape index (κ2) is 7.17. The molecule has 0 saturated carbocycles. The van der Waals surface area contributed by atoms with E-state index in [0.29, 0.717) is 5.70 Å². The summed E-state index contributed by atoms with van der Waals surface area (Å²) in [6.45, 7) is 7.87. The minimum absolute atomic E-state index is 0.00828. The molecule has 0 aliphatic heterocycles. The van der Waals surface area contributed by atoms with Crippen molar-refractivity contribution >= 4 is 5.78 Å². The third kappa shape index (κ3) is 4.15. The number of allylic oxidation sites excluding steroid dienone is 1. The number of halogens is 2. The summed E-state index contributed by atoms with van der Waals surface area (Å²) in [5.41, 5.74) is 0.864. The summed E-state index contributed by atoms with van der Waals surface area (Å²) in [6, 6.07) is 4.08. The number of ketones is 1. The number of hydrogen-bond donors (Lipinski definition) is 0. The van der Waals surface area contributed by atoms with Crippen LogP contribution in [0.25, 0.3) is 0 Å². The van der Waals surface area contributed by atoms with Crippen LogP contribution in [0.5, 0.6) is 0 Å². The quantitative estimate of drug-likeness (QED) is 0.755. The highest BCUT2D eigenvalue weighted by Crippen LogP contribution is 2.17. The Morgan fingerprint density at radius 2 is 2.05 bits per heavy atom. The van der Waals surface area contributed by atoms with Gasteiger partial charge in [0, 0.05) is 37.2 Å². The summed E-state index contributed by atoms with van der Waals surface area (Å²) in [4.78, 5) is 13.5. The molecule has 0 amide bonds. The topological polar surface area (TPSA) is 20.3 Å². The summed E-state index contributed by atoms with van der Waals surface area (Å²) in [5.74, 6) is -1.60. The van der Waals surface area contributed by atoms with Crippen LogP contribution in [0.4, 0.5) is 8.78 Å². The van der Waals surface area contributed by atoms with Gasteiger partial charge in [-0.05, 0) is 12.5 Å². The molecule has 20 heavy (non-hydrogen) atoms. The van der Waals surface area contributed by atoms with Crippen LogP contribution in [0.2, 0.25) is 0 Å². The predicted molar refractivity (Wildman–Crippen MR) is 76.0 cm³/mol. The van der Waals surface area contributed by atoms with E-state index in [1.54, 1.807) is 11.9 Å². The molecule has 1 unspecified atom stereocenters. The zero-order valence-electron chi connectivity index (χ0n) is 12.2. The lowest BCUT2D eigenvalue weighted by Crippen LogP contribution is -2.21. The molecule has 1 atom stereocenters. The van der Waals surface area contributed by atoms with Gasteiger partial charge in [0.25, 0.3) is 0 Å². The van der Waals surface area contributed by atoms with Crippen LogP contribution in [-0.2, 0) is 11.3 Å². The summed E-state index contributed by atoms with van der Waals surface area (Å²) >= 11 is 0. The Morgan fingerprint density at radius 1 is 1.40 bits per heavy atom. The Balaban J connectivity index is 2.66. The molecule has 0 bridgehead atoms. The Bertz CT molecular complexity index is 499. The van der Waals surface area contributed by atoms with E-state index < -0.39 is 11.6 Å². The number of carbonyl (C=O) groups is 1. The standard InChI is InChI=1S/C16H21F2NO/c1-5-11(2)15(20)9-12(3)19(4)10-13-7-6-8-14(17)16(13)18/h6-8,11H,3,5,9-10H2,1-2,4H3. The van der Waals surface area contributed by atoms with Crippen LogP contribution in [-0.4, -0.2) is 17.7 Å². The Hall–Kier alpha value is -1.71. The molecule has 1 aromatic rings. The first-order chi connectivity index (χ1) is 9.36. The molecule has 0 heterocycles. The number of hydrogen-bond acceptors (Lipinski definition) is 2. The predicted octanol–water partition coefficient (Wildman–Crippen LogP) is 3.92. The van der Waals surface area contributed by atoms with Crippen molar-refractivity contribution in [1.82, 2.24) is 4.90 Å². The van der Waals surface area contributed by atoms with Crippen molar-refractivity contribution in [1.29, 1.82) is 0 Å². The van der Waals surface area contributed by atoms with Crippen LogP contribution in [0.3, 0.4) is 0 Å². The van der Waals surface area contributed by atoms with Gasteiger partial charge >= 0.3 is 0 Å². The van der Waals surface area contributed by atoms with Gasteiger partial charge in [-0.15, -0.1) is 0 Å². The molecule has 2 nitrogen and oxygen atoms in total. The molecule has 0 aliphatic rings. The van der Waals surface area contributed by atoms with Crippen molar-refractivity contribution in [2.45, 2.75) is 33.2 Å². The van der Waals surface area contributed by atoms with Gasteiger partial charge < -0.3 is 4.90 Å². The monoisotopic (exact) mass is 281 g/mol. The molecular weight excluding hydrogens is 260 g/mol. The van der Waals surface area contributed by atoms with Crippen LogP contribution in [0, 0.1) is 17.6 Å². The van der Waals surface area contributed by atoms with Crippen molar-refractivity contribution in [3.05, 3.63) is 47.7 Å². The van der Waals surface area contributed by atoms with Crippen molar-refractivity contribution in [3.63, 3.8) is 0 Å². The lowest BCUT2D eigenvalue weighted by Gasteiger charge is -2.22. The van der Waals surface area contributed by atoms with E-state index in [2.05, 4.69) is 6.58 Å². The maximum Gasteiger partial charge on any atom is 0.163 e. The third-order valence-corrected chi connectivity index (χ3v) is 3.52. The molecule has 0 spiro atoms. The van der Waals surface area contributed by atoms with Gasteiger partial charge in [0.05, 0.1) is 0 Å². The smallest absolute Gasteiger partial charge is 0.163 e. The van der Waals surface area contributed by atoms with Gasteiger partial charge in [0.1, 0.15) is 5.78 Å². The van der Waals surface area contributed by atoms with Gasteiger partial charge in [-0.25, -0.2) is 8.78 Å². The lowest BCUT2D eigenvalue weighted by molar-refractivity contribution is -0.122. The zero-order valence-corrected chi connectivity index (χ0v) is 12.2. The first-order valence-corrected chi connectivity index (χ1v) is 6.71. The summed E-state index contributed by atoms with van der Waals surface area (Å²) in [5, 5.41) is 0. The van der Waals surface area contributed by atoms with Crippen LogP contribution in [0.15, 0.2) is 30.5 Å². The molecule has 4 heteroatoms. The first kappa shape index (κ1) is 16.3. The SMILES string of the molecule is C=C(CC(=O)C(C)CC)N(C)Cc1cccc(F)c1F. The van der Waals surface area contributed by atoms with E-state index >= 15 is 0 Å². The Kier molecular flexibility index (Phi) is 5.86. The van der Waals surface area contributed by atoms with E-state index in [4.69, 9.17) is 0 Å². The fraction of sp³-hybridized carbons (Fsp3) is 0.438. The van der Waals surface area contributed by atoms with E-state index in [1.807, 2.05) is 13.8 Å². The highest BCUT2D eigenvalue weighted by Gasteiger charge is 2.15. The van der Waals surface area contributed by atoms with Crippen molar-refractivity contribution in [2.24, 2.45) is 5.92 Å². The summed E-state index contributed by atoms with van der Waals surface area (Å²) in [7, 11) is 1.72. The molecule has 110 valence electrons. The highest BCUT2D eigenvalue weighted by atomic mass is 19.2. The van der Waals surface area contributed by atoms with Crippen molar-refractivity contribution < 1.29 is 13.6 Å². The summed E-state index contributed by atoms with van der Waals surface area (Å²) < 4.78 is 26.7. The van der Waals surface area contributed by atoms with Gasteiger partial charge in [0.15, 0.2) is 11.6 Å². The normalized spacial score (nSPS) is 12.1. The van der Waals surface area contributed by atoms with Gasteiger partial charge in [0.2, 0.25) is 0 Å². The third-order valence-electron chi connectivity index (χ3n) is 3.52. The molecular formula is C16H21F2NO. The minimum atomic E-state index is -0.864. The first-order valence-electron chi connectivity index (χ1n) is 6.71. The van der Waals surface area contributed by atoms with Crippen LogP contribution >= 0.6 is 0 Å². The van der Waals surface area contributed by atoms with Crippen molar-refractivity contribution in [3.8, 4) is 0 Å². The number of benzene rings is 1. The number of nitrogens with zero attached hydrogens (tertiary/aromatic N) is 1. The molecule has 0 aliphatic carbocycles. The largest absolute Gasteiger partial charge is 0.374 e. The molecule has 0 N–H and O–H groups in total. The van der Waals surface area contributed by atoms with E-state index in [9.17, 15) is 13.6 Å². The van der Waals surface area contributed by atoms with Gasteiger partial charge in [-0.3, -0.25) is 4.79 Å². The average molecular weight is 281 g/mol. The molecule has 0 aromatic heterocycles. The van der Waals surface area contributed by atoms with E-state index in [1.165, 1.54) is 12.1 Å². The van der Waals surface area contributed by atoms with E-state index in [-0.39, 0.29) is 30.2 Å². The second-order valence-corrected chi connectivity index (χ2v) is 5.09. The number of rotatable bonds is 7. The maximum absolute atomic E-state index is 13.6. The number of Topliss-reactive ketones (excluding diaryl/α,β-unsaturated/α-hetero) is 1.